The van der Waals surface area contributed by atoms with E-state index in [0.29, 0.717) is 12.0 Å². The predicted octanol–water partition coefficient (Wildman–Crippen LogP) is 3.92. The van der Waals surface area contributed by atoms with Crippen LogP contribution in [0.25, 0.3) is 0 Å². The molecule has 1 aromatic carbocycles. The highest BCUT2D eigenvalue weighted by Gasteiger charge is 2.58. The Kier molecular flexibility index (Phi) is 4.26. The molecule has 1 spiro atoms. The molecule has 0 radical (unpaired) electrons. The van der Waals surface area contributed by atoms with E-state index in [-0.39, 0.29) is 16.3 Å². The number of benzene rings is 1. The molecule has 2 aliphatic carbocycles. The Morgan fingerprint density at radius 1 is 1.33 bits per heavy atom. The molecule has 21 heavy (non-hydrogen) atoms. The second kappa shape index (κ2) is 5.86. The standard InChI is InChI=1S/C17H23ClFNO/c1-21-9-8-20-12-17(10-16(11-17)6-3-7-16)13-4-2-5-14(18)15(13)19/h2,4-5,20H,3,6-12H2,1H3. The molecule has 1 aromatic rings. The zero-order valence-electron chi connectivity index (χ0n) is 12.6. The van der Waals surface area contributed by atoms with Crippen LogP contribution in [0, 0.1) is 11.2 Å². The van der Waals surface area contributed by atoms with Crippen LogP contribution in [0.2, 0.25) is 5.02 Å². The molecule has 2 saturated carbocycles. The molecule has 1 N–H and O–H groups in total. The fraction of sp³-hybridized carbons (Fsp3) is 0.647. The molecular weight excluding hydrogens is 289 g/mol. The molecule has 0 bridgehead atoms. The normalized spacial score (nSPS) is 21.9. The van der Waals surface area contributed by atoms with Crippen LogP contribution in [0.5, 0.6) is 0 Å². The van der Waals surface area contributed by atoms with Crippen LogP contribution in [0.3, 0.4) is 0 Å². The van der Waals surface area contributed by atoms with Crippen molar-refractivity contribution < 1.29 is 9.13 Å². The van der Waals surface area contributed by atoms with Crippen LogP contribution in [0.4, 0.5) is 4.39 Å². The molecule has 4 heteroatoms. The third-order valence-electron chi connectivity index (χ3n) is 5.31. The van der Waals surface area contributed by atoms with E-state index in [1.807, 2.05) is 12.1 Å². The molecule has 0 unspecified atom stereocenters. The topological polar surface area (TPSA) is 21.3 Å². The molecule has 2 aliphatic rings. The van der Waals surface area contributed by atoms with E-state index >= 15 is 0 Å². The first kappa shape index (κ1) is 15.3. The quantitative estimate of drug-likeness (QED) is 0.804. The lowest BCUT2D eigenvalue weighted by Gasteiger charge is -2.61. The average molecular weight is 312 g/mol. The summed E-state index contributed by atoms with van der Waals surface area (Å²) in [7, 11) is 1.70. The van der Waals surface area contributed by atoms with E-state index < -0.39 is 0 Å². The third-order valence-corrected chi connectivity index (χ3v) is 5.60. The average Bonchev–Trinajstić information content (AvgIpc) is 2.39. The lowest BCUT2D eigenvalue weighted by atomic mass is 9.43. The summed E-state index contributed by atoms with van der Waals surface area (Å²) < 4.78 is 19.6. The van der Waals surface area contributed by atoms with Gasteiger partial charge < -0.3 is 10.1 Å². The van der Waals surface area contributed by atoms with Crippen LogP contribution in [0.15, 0.2) is 18.2 Å². The number of rotatable bonds is 6. The first-order valence-electron chi connectivity index (χ1n) is 7.75. The van der Waals surface area contributed by atoms with Crippen molar-refractivity contribution >= 4 is 11.6 Å². The summed E-state index contributed by atoms with van der Waals surface area (Å²) in [5.74, 6) is -0.234. The Balaban J connectivity index is 1.78. The Morgan fingerprint density at radius 3 is 2.71 bits per heavy atom. The summed E-state index contributed by atoms with van der Waals surface area (Å²) in [4.78, 5) is 0. The van der Waals surface area contributed by atoms with Crippen molar-refractivity contribution in [1.82, 2.24) is 5.32 Å². The van der Waals surface area contributed by atoms with Gasteiger partial charge in [0.1, 0.15) is 5.82 Å². The number of ether oxygens (including phenoxy) is 1. The summed E-state index contributed by atoms with van der Waals surface area (Å²) in [6.45, 7) is 2.28. The van der Waals surface area contributed by atoms with Gasteiger partial charge in [-0.25, -0.2) is 4.39 Å². The van der Waals surface area contributed by atoms with Gasteiger partial charge in [-0.3, -0.25) is 0 Å². The van der Waals surface area contributed by atoms with Crippen molar-refractivity contribution in [2.24, 2.45) is 5.41 Å². The zero-order valence-corrected chi connectivity index (χ0v) is 13.3. The monoisotopic (exact) mass is 311 g/mol. The fourth-order valence-electron chi connectivity index (χ4n) is 4.24. The minimum atomic E-state index is -0.234. The van der Waals surface area contributed by atoms with E-state index in [1.54, 1.807) is 13.2 Å². The van der Waals surface area contributed by atoms with E-state index in [9.17, 15) is 4.39 Å². The highest BCUT2D eigenvalue weighted by atomic mass is 35.5. The highest BCUT2D eigenvalue weighted by molar-refractivity contribution is 6.30. The Labute approximate surface area is 131 Å². The van der Waals surface area contributed by atoms with Gasteiger partial charge >= 0.3 is 0 Å². The molecule has 0 saturated heterocycles. The van der Waals surface area contributed by atoms with Crippen LogP contribution >= 0.6 is 11.6 Å². The number of hydrogen-bond acceptors (Lipinski definition) is 2. The van der Waals surface area contributed by atoms with Gasteiger partial charge in [0, 0.05) is 25.6 Å². The molecule has 116 valence electrons. The van der Waals surface area contributed by atoms with Crippen LogP contribution in [0.1, 0.15) is 37.7 Å². The van der Waals surface area contributed by atoms with Crippen LogP contribution in [-0.2, 0) is 10.2 Å². The maximum absolute atomic E-state index is 14.5. The molecule has 0 aromatic heterocycles. The van der Waals surface area contributed by atoms with E-state index in [1.165, 1.54) is 19.3 Å². The van der Waals surface area contributed by atoms with Crippen LogP contribution < -0.4 is 5.32 Å². The first-order valence-corrected chi connectivity index (χ1v) is 8.13. The summed E-state index contributed by atoms with van der Waals surface area (Å²) in [6, 6.07) is 5.40. The van der Waals surface area contributed by atoms with Gasteiger partial charge in [0.05, 0.1) is 11.6 Å². The minimum Gasteiger partial charge on any atom is -0.383 e. The van der Waals surface area contributed by atoms with Crippen molar-refractivity contribution in [1.29, 1.82) is 0 Å². The fourth-order valence-corrected chi connectivity index (χ4v) is 4.41. The summed E-state index contributed by atoms with van der Waals surface area (Å²) in [5.41, 5.74) is 1.18. The van der Waals surface area contributed by atoms with Crippen molar-refractivity contribution in [2.75, 3.05) is 26.8 Å². The second-order valence-corrected chi connectivity index (χ2v) is 7.17. The Morgan fingerprint density at radius 2 is 2.10 bits per heavy atom. The van der Waals surface area contributed by atoms with Gasteiger partial charge in [-0.2, -0.15) is 0 Å². The molecular formula is C17H23ClFNO. The maximum Gasteiger partial charge on any atom is 0.145 e. The van der Waals surface area contributed by atoms with Crippen molar-refractivity contribution in [3.05, 3.63) is 34.6 Å². The maximum atomic E-state index is 14.5. The summed E-state index contributed by atoms with van der Waals surface area (Å²) >= 11 is 5.99. The van der Waals surface area contributed by atoms with Gasteiger partial charge in [-0.1, -0.05) is 30.2 Å². The molecule has 3 rings (SSSR count). The van der Waals surface area contributed by atoms with Crippen LogP contribution in [-0.4, -0.2) is 26.8 Å². The first-order chi connectivity index (χ1) is 10.1. The number of methoxy groups -OCH3 is 1. The number of halogens is 2. The molecule has 2 nitrogen and oxygen atoms in total. The predicted molar refractivity (Wildman–Crippen MR) is 83.4 cm³/mol. The van der Waals surface area contributed by atoms with Gasteiger partial charge in [-0.05, 0) is 42.7 Å². The number of hydrogen-bond donors (Lipinski definition) is 1. The van der Waals surface area contributed by atoms with Crippen molar-refractivity contribution in [2.45, 2.75) is 37.5 Å². The largest absolute Gasteiger partial charge is 0.383 e. The highest BCUT2D eigenvalue weighted by Crippen LogP contribution is 2.65. The lowest BCUT2D eigenvalue weighted by molar-refractivity contribution is -0.0499. The third kappa shape index (κ3) is 2.71. The van der Waals surface area contributed by atoms with Crippen molar-refractivity contribution in [3.63, 3.8) is 0 Å². The zero-order chi connectivity index (χ0) is 14.9. The van der Waals surface area contributed by atoms with E-state index in [2.05, 4.69) is 5.32 Å². The SMILES string of the molecule is COCCNCC1(c2cccc(Cl)c2F)CC2(CCC2)C1. The summed E-state index contributed by atoms with van der Waals surface area (Å²) in [6.07, 6.45) is 6.09. The number of nitrogens with one attached hydrogen (secondary N) is 1. The molecule has 2 fully saturated rings. The Bertz CT molecular complexity index is 508. The smallest absolute Gasteiger partial charge is 0.145 e. The minimum absolute atomic E-state index is 0.0941. The van der Waals surface area contributed by atoms with E-state index in [4.69, 9.17) is 16.3 Å². The van der Waals surface area contributed by atoms with Gasteiger partial charge in [0.2, 0.25) is 0 Å². The van der Waals surface area contributed by atoms with Crippen molar-refractivity contribution in [3.8, 4) is 0 Å². The van der Waals surface area contributed by atoms with Gasteiger partial charge in [0.15, 0.2) is 0 Å². The van der Waals surface area contributed by atoms with Gasteiger partial charge in [-0.15, -0.1) is 0 Å². The lowest BCUT2D eigenvalue weighted by Crippen LogP contribution is -2.57. The van der Waals surface area contributed by atoms with E-state index in [0.717, 1.165) is 31.5 Å². The second-order valence-electron chi connectivity index (χ2n) is 6.76. The molecule has 0 aliphatic heterocycles. The molecule has 0 heterocycles. The Hall–Kier alpha value is -0.640. The molecule has 0 amide bonds. The summed E-state index contributed by atoms with van der Waals surface area (Å²) in [5, 5.41) is 3.66. The van der Waals surface area contributed by atoms with Gasteiger partial charge in [0.25, 0.3) is 0 Å². The molecule has 0 atom stereocenters.